The summed E-state index contributed by atoms with van der Waals surface area (Å²) in [7, 11) is 0. The minimum atomic E-state index is -0.279. The summed E-state index contributed by atoms with van der Waals surface area (Å²) >= 11 is 22.9. The molecule has 0 aliphatic heterocycles. The van der Waals surface area contributed by atoms with E-state index in [4.69, 9.17) is 46.4 Å². The number of carbonyl (C=O) groups excluding carboxylic acids is 1. The molecule has 0 aromatic heterocycles. The van der Waals surface area contributed by atoms with Gasteiger partial charge >= 0.3 is 0 Å². The third kappa shape index (κ3) is 3.72. The van der Waals surface area contributed by atoms with Gasteiger partial charge in [-0.05, 0) is 12.1 Å². The highest BCUT2D eigenvalue weighted by atomic mass is 35.5. The van der Waals surface area contributed by atoms with E-state index < -0.39 is 0 Å². The van der Waals surface area contributed by atoms with E-state index in [9.17, 15) is 4.79 Å². The number of rotatable bonds is 3. The summed E-state index contributed by atoms with van der Waals surface area (Å²) in [6, 6.07) is 3.13. The second kappa shape index (κ2) is 5.80. The Hall–Kier alpha value is -0.150. The van der Waals surface area contributed by atoms with E-state index in [1.165, 1.54) is 0 Å². The van der Waals surface area contributed by atoms with Gasteiger partial charge in [0.15, 0.2) is 0 Å². The molecule has 0 saturated heterocycles. The highest BCUT2D eigenvalue weighted by Gasteiger charge is 2.08. The Morgan fingerprint density at radius 3 is 2.20 bits per heavy atom. The van der Waals surface area contributed by atoms with Gasteiger partial charge in [-0.25, -0.2) is 0 Å². The summed E-state index contributed by atoms with van der Waals surface area (Å²) in [5.41, 5.74) is 0.626. The Morgan fingerprint density at radius 2 is 1.73 bits per heavy atom. The molecule has 1 amide bonds. The van der Waals surface area contributed by atoms with Crippen molar-refractivity contribution in [3.05, 3.63) is 32.8 Å². The quantitative estimate of drug-likeness (QED) is 0.847. The molecule has 0 unspecified atom stereocenters. The number of nitrogens with one attached hydrogen (secondary N) is 1. The first kappa shape index (κ1) is 12.9. The SMILES string of the molecule is O=C(CCl)NCc1c(Cl)cc(Cl)cc1Cl. The molecule has 82 valence electrons. The number of alkyl halides is 1. The summed E-state index contributed by atoms with van der Waals surface area (Å²) in [6.45, 7) is 0.236. The molecule has 1 rings (SSSR count). The number of hydrogen-bond acceptors (Lipinski definition) is 1. The maximum absolute atomic E-state index is 10.9. The fraction of sp³-hybridized carbons (Fsp3) is 0.222. The first-order chi connectivity index (χ1) is 7.04. The molecule has 6 heteroatoms. The van der Waals surface area contributed by atoms with Crippen molar-refractivity contribution in [3.8, 4) is 0 Å². The Balaban J connectivity index is 2.81. The van der Waals surface area contributed by atoms with E-state index in [-0.39, 0.29) is 18.3 Å². The third-order valence-electron chi connectivity index (χ3n) is 1.69. The molecule has 0 heterocycles. The molecule has 15 heavy (non-hydrogen) atoms. The van der Waals surface area contributed by atoms with Gasteiger partial charge in [0.25, 0.3) is 0 Å². The molecular formula is C9H7Cl4NO. The summed E-state index contributed by atoms with van der Waals surface area (Å²) in [6.07, 6.45) is 0. The zero-order valence-corrected chi connectivity index (χ0v) is 10.5. The molecule has 0 aliphatic carbocycles. The van der Waals surface area contributed by atoms with Crippen LogP contribution in [0, 0.1) is 0 Å². The van der Waals surface area contributed by atoms with E-state index >= 15 is 0 Å². The molecule has 1 aromatic rings. The van der Waals surface area contributed by atoms with Crippen LogP contribution in [-0.4, -0.2) is 11.8 Å². The van der Waals surface area contributed by atoms with Crippen molar-refractivity contribution in [1.29, 1.82) is 0 Å². The number of carbonyl (C=O) groups is 1. The van der Waals surface area contributed by atoms with E-state index in [0.717, 1.165) is 0 Å². The normalized spacial score (nSPS) is 10.1. The van der Waals surface area contributed by atoms with Crippen LogP contribution in [0.4, 0.5) is 0 Å². The molecule has 0 spiro atoms. The van der Waals surface area contributed by atoms with Crippen molar-refractivity contribution in [1.82, 2.24) is 5.32 Å². The molecule has 0 bridgehead atoms. The molecule has 1 N–H and O–H groups in total. The lowest BCUT2D eigenvalue weighted by atomic mass is 10.2. The van der Waals surface area contributed by atoms with Gasteiger partial charge in [0.05, 0.1) is 0 Å². The van der Waals surface area contributed by atoms with Crippen LogP contribution in [0.2, 0.25) is 15.1 Å². The minimum absolute atomic E-state index is 0.0944. The Labute approximate surface area is 107 Å². The van der Waals surface area contributed by atoms with Gasteiger partial charge in [0.1, 0.15) is 5.88 Å². The zero-order valence-electron chi connectivity index (χ0n) is 7.49. The van der Waals surface area contributed by atoms with Crippen LogP contribution in [0.3, 0.4) is 0 Å². The second-order valence-electron chi connectivity index (χ2n) is 2.76. The average Bonchev–Trinajstić information content (AvgIpc) is 2.15. The minimum Gasteiger partial charge on any atom is -0.351 e. The van der Waals surface area contributed by atoms with E-state index in [0.29, 0.717) is 20.6 Å². The first-order valence-corrected chi connectivity index (χ1v) is 5.67. The van der Waals surface area contributed by atoms with Gasteiger partial charge in [-0.2, -0.15) is 0 Å². The van der Waals surface area contributed by atoms with E-state index in [2.05, 4.69) is 5.32 Å². The molecule has 0 atom stereocenters. The number of benzene rings is 1. The molecular weight excluding hydrogens is 280 g/mol. The van der Waals surface area contributed by atoms with Crippen LogP contribution in [0.25, 0.3) is 0 Å². The second-order valence-corrected chi connectivity index (χ2v) is 4.28. The number of halogens is 4. The number of hydrogen-bond donors (Lipinski definition) is 1. The van der Waals surface area contributed by atoms with Crippen LogP contribution in [0.5, 0.6) is 0 Å². The van der Waals surface area contributed by atoms with Gasteiger partial charge in [-0.3, -0.25) is 4.79 Å². The lowest BCUT2D eigenvalue weighted by Crippen LogP contribution is -2.24. The summed E-state index contributed by atoms with van der Waals surface area (Å²) in [5.74, 6) is -0.373. The van der Waals surface area contributed by atoms with Crippen LogP contribution < -0.4 is 5.32 Å². The molecule has 0 aliphatic rings. The van der Waals surface area contributed by atoms with Gasteiger partial charge in [-0.1, -0.05) is 34.8 Å². The Morgan fingerprint density at radius 1 is 1.20 bits per heavy atom. The predicted molar refractivity (Wildman–Crippen MR) is 64.0 cm³/mol. The Kier molecular flexibility index (Phi) is 5.00. The summed E-state index contributed by atoms with van der Waals surface area (Å²) in [5, 5.41) is 3.86. The lowest BCUT2D eigenvalue weighted by molar-refractivity contribution is -0.118. The topological polar surface area (TPSA) is 29.1 Å². The Bertz CT molecular complexity index is 357. The van der Waals surface area contributed by atoms with Crippen molar-refractivity contribution < 1.29 is 4.79 Å². The number of amides is 1. The largest absolute Gasteiger partial charge is 0.351 e. The van der Waals surface area contributed by atoms with Crippen molar-refractivity contribution in [2.45, 2.75) is 6.54 Å². The van der Waals surface area contributed by atoms with Crippen molar-refractivity contribution >= 4 is 52.3 Å². The van der Waals surface area contributed by atoms with Gasteiger partial charge in [0, 0.05) is 27.2 Å². The maximum atomic E-state index is 10.9. The van der Waals surface area contributed by atoms with E-state index in [1.54, 1.807) is 12.1 Å². The molecule has 0 radical (unpaired) electrons. The van der Waals surface area contributed by atoms with Crippen LogP contribution in [-0.2, 0) is 11.3 Å². The predicted octanol–water partition coefficient (Wildman–Crippen LogP) is 3.50. The standard InChI is InChI=1S/C9H7Cl4NO/c10-3-9(15)14-4-6-7(12)1-5(11)2-8(6)13/h1-2H,3-4H2,(H,14,15). The fourth-order valence-electron chi connectivity index (χ4n) is 0.975. The average molecular weight is 287 g/mol. The molecule has 1 aromatic carbocycles. The van der Waals surface area contributed by atoms with Crippen LogP contribution in [0.15, 0.2) is 12.1 Å². The third-order valence-corrected chi connectivity index (χ3v) is 2.82. The van der Waals surface area contributed by atoms with E-state index in [1.807, 2.05) is 0 Å². The maximum Gasteiger partial charge on any atom is 0.235 e. The van der Waals surface area contributed by atoms with Gasteiger partial charge in [-0.15, -0.1) is 11.6 Å². The summed E-state index contributed by atoms with van der Waals surface area (Å²) in [4.78, 5) is 10.9. The van der Waals surface area contributed by atoms with Crippen LogP contribution in [0.1, 0.15) is 5.56 Å². The molecule has 0 fully saturated rings. The molecule has 2 nitrogen and oxygen atoms in total. The smallest absolute Gasteiger partial charge is 0.235 e. The van der Waals surface area contributed by atoms with Gasteiger partial charge < -0.3 is 5.32 Å². The molecule has 0 saturated carbocycles. The summed E-state index contributed by atoms with van der Waals surface area (Å²) < 4.78 is 0. The highest BCUT2D eigenvalue weighted by molar-refractivity contribution is 6.39. The lowest BCUT2D eigenvalue weighted by Gasteiger charge is -2.08. The van der Waals surface area contributed by atoms with Gasteiger partial charge in [0.2, 0.25) is 5.91 Å². The fourth-order valence-corrected chi connectivity index (χ4v) is 2.02. The van der Waals surface area contributed by atoms with Crippen molar-refractivity contribution in [3.63, 3.8) is 0 Å². The van der Waals surface area contributed by atoms with Crippen molar-refractivity contribution in [2.24, 2.45) is 0 Å². The monoisotopic (exact) mass is 285 g/mol. The van der Waals surface area contributed by atoms with Crippen LogP contribution >= 0.6 is 46.4 Å². The first-order valence-electron chi connectivity index (χ1n) is 4.00. The van der Waals surface area contributed by atoms with Crippen molar-refractivity contribution in [2.75, 3.05) is 5.88 Å². The zero-order chi connectivity index (χ0) is 11.4. The highest BCUT2D eigenvalue weighted by Crippen LogP contribution is 2.28.